The topological polar surface area (TPSA) is 24.9 Å². The Bertz CT molecular complexity index is 281. The summed E-state index contributed by atoms with van der Waals surface area (Å²) in [6.45, 7) is 8.93. The fourth-order valence-electron chi connectivity index (χ4n) is 1.41. The van der Waals surface area contributed by atoms with Crippen molar-refractivity contribution in [3.8, 4) is 0 Å². The smallest absolute Gasteiger partial charge is 0.0897 e. The van der Waals surface area contributed by atoms with E-state index in [4.69, 9.17) is 0 Å². The molecule has 0 spiro atoms. The second-order valence-corrected chi connectivity index (χ2v) is 4.52. The average molecular weight is 210 g/mol. The Kier molecular flexibility index (Phi) is 4.84. The van der Waals surface area contributed by atoms with Gasteiger partial charge in [0.25, 0.3) is 0 Å². The van der Waals surface area contributed by atoms with Crippen LogP contribution in [0.3, 0.4) is 0 Å². The Labute approximate surface area is 90.1 Å². The number of hydrogen-bond donors (Lipinski definition) is 1. The van der Waals surface area contributed by atoms with E-state index in [9.17, 15) is 0 Å². The van der Waals surface area contributed by atoms with Crippen molar-refractivity contribution in [2.45, 2.75) is 32.7 Å². The van der Waals surface area contributed by atoms with E-state index in [1.807, 2.05) is 19.2 Å². The molecule has 0 amide bonds. The molecule has 0 saturated carbocycles. The van der Waals surface area contributed by atoms with E-state index in [0.717, 1.165) is 24.4 Å². The van der Waals surface area contributed by atoms with Crippen LogP contribution in [0, 0.1) is 6.92 Å². The molecule has 0 aliphatic carbocycles. The van der Waals surface area contributed by atoms with Gasteiger partial charge in [-0.1, -0.05) is 13.0 Å². The zero-order chi connectivity index (χ0) is 10.4. The largest absolute Gasteiger partial charge is 0.309 e. The minimum absolute atomic E-state index is 0.448. The van der Waals surface area contributed by atoms with Crippen molar-refractivity contribution in [3.63, 3.8) is 0 Å². The van der Waals surface area contributed by atoms with Crippen LogP contribution in [0.15, 0.2) is 18.9 Å². The van der Waals surface area contributed by atoms with Gasteiger partial charge in [0.1, 0.15) is 0 Å². The maximum Gasteiger partial charge on any atom is 0.0897 e. The molecule has 1 rings (SSSR count). The number of nitrogens with zero attached hydrogens (tertiary/aromatic N) is 1. The third kappa shape index (κ3) is 3.24. The Hall–Kier alpha value is -0.670. The van der Waals surface area contributed by atoms with Crippen LogP contribution in [0.25, 0.3) is 0 Å². The van der Waals surface area contributed by atoms with Crippen molar-refractivity contribution >= 4 is 11.3 Å². The zero-order valence-electron chi connectivity index (χ0n) is 8.92. The van der Waals surface area contributed by atoms with Crippen LogP contribution in [0.5, 0.6) is 0 Å². The summed E-state index contributed by atoms with van der Waals surface area (Å²) >= 11 is 1.78. The number of aromatic nitrogens is 1. The molecule has 14 heavy (non-hydrogen) atoms. The Balaban J connectivity index is 2.61. The molecule has 0 aromatic carbocycles. The minimum atomic E-state index is 0.448. The van der Waals surface area contributed by atoms with Crippen LogP contribution >= 0.6 is 11.3 Å². The fourth-order valence-corrected chi connectivity index (χ4v) is 2.31. The van der Waals surface area contributed by atoms with Crippen molar-refractivity contribution in [2.75, 3.05) is 6.54 Å². The predicted octanol–water partition coefficient (Wildman–Crippen LogP) is 3.07. The van der Waals surface area contributed by atoms with Crippen LogP contribution in [-0.4, -0.2) is 11.5 Å². The summed E-state index contributed by atoms with van der Waals surface area (Å²) in [5.41, 5.74) is 0. The van der Waals surface area contributed by atoms with Crippen LogP contribution in [0.2, 0.25) is 0 Å². The minimum Gasteiger partial charge on any atom is -0.309 e. The predicted molar refractivity (Wildman–Crippen MR) is 62.7 cm³/mol. The molecule has 0 bridgehead atoms. The molecule has 1 aromatic heterocycles. The van der Waals surface area contributed by atoms with Gasteiger partial charge in [0.2, 0.25) is 0 Å². The normalized spacial score (nSPS) is 12.7. The highest BCUT2D eigenvalue weighted by Crippen LogP contribution is 2.24. The Morgan fingerprint density at radius 2 is 2.50 bits per heavy atom. The molecule has 0 aliphatic rings. The molecule has 3 heteroatoms. The summed E-state index contributed by atoms with van der Waals surface area (Å²) in [5.74, 6) is 0. The Morgan fingerprint density at radius 1 is 1.71 bits per heavy atom. The van der Waals surface area contributed by atoms with Gasteiger partial charge in [-0.05, 0) is 26.3 Å². The molecule has 1 aromatic rings. The quantitative estimate of drug-likeness (QED) is 0.730. The Morgan fingerprint density at radius 3 is 3.00 bits per heavy atom. The summed E-state index contributed by atoms with van der Waals surface area (Å²) in [6.07, 6.45) is 6.11. The van der Waals surface area contributed by atoms with Crippen molar-refractivity contribution < 1.29 is 0 Å². The molecule has 0 aliphatic heterocycles. The first-order valence-electron chi connectivity index (χ1n) is 5.04. The van der Waals surface area contributed by atoms with Gasteiger partial charge >= 0.3 is 0 Å². The lowest BCUT2D eigenvalue weighted by atomic mass is 10.1. The van der Waals surface area contributed by atoms with Gasteiger partial charge < -0.3 is 5.32 Å². The molecule has 1 heterocycles. The van der Waals surface area contributed by atoms with Gasteiger partial charge in [-0.15, -0.1) is 17.9 Å². The summed E-state index contributed by atoms with van der Waals surface area (Å²) in [7, 11) is 0. The first-order valence-corrected chi connectivity index (χ1v) is 5.86. The summed E-state index contributed by atoms with van der Waals surface area (Å²) < 4.78 is 0. The second kappa shape index (κ2) is 5.94. The highest BCUT2D eigenvalue weighted by molar-refractivity contribution is 7.11. The van der Waals surface area contributed by atoms with E-state index >= 15 is 0 Å². The molecule has 1 N–H and O–H groups in total. The third-order valence-corrected chi connectivity index (χ3v) is 3.12. The van der Waals surface area contributed by atoms with Crippen LogP contribution in [0.1, 0.15) is 35.7 Å². The van der Waals surface area contributed by atoms with Gasteiger partial charge in [-0.25, -0.2) is 4.98 Å². The van der Waals surface area contributed by atoms with Crippen LogP contribution in [-0.2, 0) is 0 Å². The maximum absolute atomic E-state index is 4.28. The van der Waals surface area contributed by atoms with Gasteiger partial charge in [0, 0.05) is 17.1 Å². The highest BCUT2D eigenvalue weighted by Gasteiger charge is 2.11. The zero-order valence-corrected chi connectivity index (χ0v) is 9.73. The van der Waals surface area contributed by atoms with E-state index in [0.29, 0.717) is 6.04 Å². The van der Waals surface area contributed by atoms with Crippen molar-refractivity contribution in [3.05, 3.63) is 28.7 Å². The van der Waals surface area contributed by atoms with E-state index in [2.05, 4.69) is 23.8 Å². The molecule has 2 nitrogen and oxygen atoms in total. The molecule has 1 atom stereocenters. The number of allylic oxidation sites excluding steroid dienone is 1. The maximum atomic E-state index is 4.28. The molecular weight excluding hydrogens is 192 g/mol. The molecular formula is C11H18N2S. The standard InChI is InChI=1S/C11H18N2S/c1-4-6-7-10(12-5-2)11-8-13-9(3)14-11/h4,8,10,12H,1,5-7H2,2-3H3. The van der Waals surface area contributed by atoms with Crippen molar-refractivity contribution in [2.24, 2.45) is 0 Å². The number of thiazole rings is 1. The van der Waals surface area contributed by atoms with Crippen molar-refractivity contribution in [1.29, 1.82) is 0 Å². The van der Waals surface area contributed by atoms with E-state index in [1.165, 1.54) is 4.88 Å². The van der Waals surface area contributed by atoms with Gasteiger partial charge in [0.05, 0.1) is 5.01 Å². The number of nitrogens with one attached hydrogen (secondary N) is 1. The monoisotopic (exact) mass is 210 g/mol. The van der Waals surface area contributed by atoms with Gasteiger partial charge in [-0.2, -0.15) is 0 Å². The lowest BCUT2D eigenvalue weighted by Crippen LogP contribution is -2.19. The van der Waals surface area contributed by atoms with Gasteiger partial charge in [0.15, 0.2) is 0 Å². The van der Waals surface area contributed by atoms with Crippen LogP contribution in [0.4, 0.5) is 0 Å². The van der Waals surface area contributed by atoms with Crippen LogP contribution < -0.4 is 5.32 Å². The first kappa shape index (κ1) is 11.4. The lowest BCUT2D eigenvalue weighted by molar-refractivity contribution is 0.527. The SMILES string of the molecule is C=CCCC(NCC)c1cnc(C)s1. The summed E-state index contributed by atoms with van der Waals surface area (Å²) in [5, 5.41) is 4.61. The second-order valence-electron chi connectivity index (χ2n) is 3.26. The first-order chi connectivity index (χ1) is 6.77. The molecule has 0 fully saturated rings. The third-order valence-electron chi connectivity index (χ3n) is 2.09. The fraction of sp³-hybridized carbons (Fsp3) is 0.545. The summed E-state index contributed by atoms with van der Waals surface area (Å²) in [6, 6.07) is 0.448. The van der Waals surface area contributed by atoms with E-state index in [1.54, 1.807) is 11.3 Å². The molecule has 1 unspecified atom stereocenters. The number of hydrogen-bond acceptors (Lipinski definition) is 3. The van der Waals surface area contributed by atoms with Gasteiger partial charge in [-0.3, -0.25) is 0 Å². The molecule has 0 saturated heterocycles. The number of rotatable bonds is 6. The molecule has 0 radical (unpaired) electrons. The molecule has 78 valence electrons. The van der Waals surface area contributed by atoms with Crippen molar-refractivity contribution in [1.82, 2.24) is 10.3 Å². The number of aryl methyl sites for hydroxylation is 1. The summed E-state index contributed by atoms with van der Waals surface area (Å²) in [4.78, 5) is 5.62. The lowest BCUT2D eigenvalue weighted by Gasteiger charge is -2.14. The highest BCUT2D eigenvalue weighted by atomic mass is 32.1. The average Bonchev–Trinajstić information content (AvgIpc) is 2.59. The van der Waals surface area contributed by atoms with E-state index in [-0.39, 0.29) is 0 Å². The van der Waals surface area contributed by atoms with E-state index < -0.39 is 0 Å².